The normalized spacial score (nSPS) is 14.9. The summed E-state index contributed by atoms with van der Waals surface area (Å²) in [7, 11) is 3.81. The topological polar surface area (TPSA) is 83.5 Å². The first-order chi connectivity index (χ1) is 15.7. The van der Waals surface area contributed by atoms with Crippen molar-refractivity contribution in [2.45, 2.75) is 59.5 Å². The Morgan fingerprint density at radius 1 is 0.818 bits per heavy atom. The SMILES string of the molecule is CC(C)N(CCC(=O)OCCOCCOCCOCCOC(=O)CC(C)(C)C)C1CSSC1. The van der Waals surface area contributed by atoms with Crippen molar-refractivity contribution in [3.63, 3.8) is 0 Å². The van der Waals surface area contributed by atoms with Crippen molar-refractivity contribution in [1.29, 1.82) is 0 Å². The van der Waals surface area contributed by atoms with Crippen LogP contribution in [0.1, 0.15) is 47.5 Å². The summed E-state index contributed by atoms with van der Waals surface area (Å²) >= 11 is 0. The lowest BCUT2D eigenvalue weighted by atomic mass is 9.93. The Bertz CT molecular complexity index is 537. The average molecular weight is 510 g/mol. The number of hydrogen-bond donors (Lipinski definition) is 0. The summed E-state index contributed by atoms with van der Waals surface area (Å²) in [6, 6.07) is 0.962. The van der Waals surface area contributed by atoms with Gasteiger partial charge in [-0.1, -0.05) is 42.4 Å². The molecule has 0 spiro atoms. The van der Waals surface area contributed by atoms with Gasteiger partial charge in [0.1, 0.15) is 13.2 Å². The van der Waals surface area contributed by atoms with Gasteiger partial charge >= 0.3 is 11.9 Å². The quantitative estimate of drug-likeness (QED) is 0.156. The minimum absolute atomic E-state index is 0.0712. The lowest BCUT2D eigenvalue weighted by Gasteiger charge is -2.31. The molecule has 0 atom stereocenters. The molecule has 0 aromatic rings. The summed E-state index contributed by atoms with van der Waals surface area (Å²) < 4.78 is 26.6. The molecule has 0 radical (unpaired) electrons. The predicted molar refractivity (Wildman–Crippen MR) is 134 cm³/mol. The van der Waals surface area contributed by atoms with Crippen molar-refractivity contribution >= 4 is 33.5 Å². The summed E-state index contributed by atoms with van der Waals surface area (Å²) in [5, 5.41) is 0. The highest BCUT2D eigenvalue weighted by Crippen LogP contribution is 2.34. The highest BCUT2D eigenvalue weighted by atomic mass is 33.1. The fourth-order valence-corrected chi connectivity index (χ4v) is 5.90. The van der Waals surface area contributed by atoms with Gasteiger partial charge in [-0.3, -0.25) is 14.5 Å². The summed E-state index contributed by atoms with van der Waals surface area (Å²) in [4.78, 5) is 25.9. The summed E-state index contributed by atoms with van der Waals surface area (Å²) in [5.41, 5.74) is -0.0712. The molecule has 1 heterocycles. The number of hydrogen-bond acceptors (Lipinski definition) is 10. The smallest absolute Gasteiger partial charge is 0.307 e. The lowest BCUT2D eigenvalue weighted by molar-refractivity contribution is -0.147. The van der Waals surface area contributed by atoms with E-state index >= 15 is 0 Å². The van der Waals surface area contributed by atoms with E-state index in [4.69, 9.17) is 23.7 Å². The molecule has 1 aliphatic rings. The molecule has 194 valence electrons. The van der Waals surface area contributed by atoms with E-state index < -0.39 is 0 Å². The molecule has 1 rings (SSSR count). The number of esters is 2. The zero-order valence-electron chi connectivity index (χ0n) is 21.0. The van der Waals surface area contributed by atoms with Crippen molar-refractivity contribution in [2.24, 2.45) is 5.41 Å². The Morgan fingerprint density at radius 2 is 1.27 bits per heavy atom. The van der Waals surface area contributed by atoms with E-state index in [0.717, 1.165) is 18.1 Å². The number of carbonyl (C=O) groups is 2. The molecule has 0 aliphatic carbocycles. The van der Waals surface area contributed by atoms with Crippen LogP contribution in [0.25, 0.3) is 0 Å². The highest BCUT2D eigenvalue weighted by Gasteiger charge is 2.26. The fraction of sp³-hybridized carbons (Fsp3) is 0.913. The van der Waals surface area contributed by atoms with Crippen molar-refractivity contribution in [1.82, 2.24) is 4.90 Å². The van der Waals surface area contributed by atoms with Gasteiger partial charge in [0.25, 0.3) is 0 Å². The molecule has 0 aromatic heterocycles. The second-order valence-electron chi connectivity index (χ2n) is 9.32. The van der Waals surface area contributed by atoms with Crippen molar-refractivity contribution < 1.29 is 33.3 Å². The van der Waals surface area contributed by atoms with Crippen molar-refractivity contribution in [3.8, 4) is 0 Å². The number of nitrogens with zero attached hydrogens (tertiary/aromatic N) is 1. The molecule has 1 saturated heterocycles. The maximum Gasteiger partial charge on any atom is 0.307 e. The average Bonchev–Trinajstić information content (AvgIpc) is 3.24. The molecule has 0 unspecified atom stereocenters. The van der Waals surface area contributed by atoms with Crippen LogP contribution < -0.4 is 0 Å². The van der Waals surface area contributed by atoms with Crippen LogP contribution in [-0.4, -0.2) is 99.8 Å². The molecule has 8 nitrogen and oxygen atoms in total. The molecular formula is C23H43NO7S2. The highest BCUT2D eigenvalue weighted by molar-refractivity contribution is 8.77. The molecule has 0 aromatic carbocycles. The van der Waals surface area contributed by atoms with E-state index in [1.54, 1.807) is 0 Å². The first-order valence-electron chi connectivity index (χ1n) is 11.7. The van der Waals surface area contributed by atoms with E-state index in [2.05, 4.69) is 18.7 Å². The van der Waals surface area contributed by atoms with E-state index in [1.807, 2.05) is 42.4 Å². The zero-order chi connectivity index (χ0) is 24.5. The van der Waals surface area contributed by atoms with Gasteiger partial charge in [-0.25, -0.2) is 0 Å². The zero-order valence-corrected chi connectivity index (χ0v) is 22.6. The molecule has 0 bridgehead atoms. The van der Waals surface area contributed by atoms with Gasteiger partial charge in [-0.05, 0) is 19.3 Å². The molecule has 0 amide bonds. The van der Waals surface area contributed by atoms with Crippen molar-refractivity contribution in [3.05, 3.63) is 0 Å². The number of carbonyl (C=O) groups excluding carboxylic acids is 2. The van der Waals surface area contributed by atoms with Crippen LogP contribution in [0.2, 0.25) is 0 Å². The minimum Gasteiger partial charge on any atom is -0.463 e. The van der Waals surface area contributed by atoms with Gasteiger partial charge in [-0.15, -0.1) is 0 Å². The second kappa shape index (κ2) is 17.8. The Balaban J connectivity index is 1.88. The standard InChI is InChI=1S/C23H43NO7S2/c1-19(2)24(20-17-32-33-18-20)7-6-21(25)30-14-12-28-10-8-27-9-11-29-13-15-31-22(26)16-23(3,4)5/h19-20H,6-18H2,1-5H3. The Kier molecular flexibility index (Phi) is 16.5. The molecule has 10 heteroatoms. The maximum atomic E-state index is 12.0. The molecule has 1 fully saturated rings. The summed E-state index contributed by atoms with van der Waals surface area (Å²) in [5.74, 6) is 1.85. The maximum absolute atomic E-state index is 12.0. The first kappa shape index (κ1) is 30.5. The number of rotatable bonds is 18. The van der Waals surface area contributed by atoms with Crippen LogP contribution in [0.3, 0.4) is 0 Å². The monoisotopic (exact) mass is 509 g/mol. The van der Waals surface area contributed by atoms with E-state index in [9.17, 15) is 9.59 Å². The van der Waals surface area contributed by atoms with Crippen LogP contribution in [-0.2, 0) is 33.3 Å². The van der Waals surface area contributed by atoms with E-state index in [-0.39, 0.29) is 30.6 Å². The van der Waals surface area contributed by atoms with Crippen LogP contribution in [0.4, 0.5) is 0 Å². The van der Waals surface area contributed by atoms with Gasteiger partial charge in [-0.2, -0.15) is 0 Å². The Labute approximate surface area is 207 Å². The van der Waals surface area contributed by atoms with Crippen LogP contribution >= 0.6 is 21.6 Å². The van der Waals surface area contributed by atoms with Gasteiger partial charge in [0.2, 0.25) is 0 Å². The first-order valence-corrected chi connectivity index (χ1v) is 14.2. The third kappa shape index (κ3) is 16.7. The van der Waals surface area contributed by atoms with Crippen LogP contribution in [0.5, 0.6) is 0 Å². The van der Waals surface area contributed by atoms with Crippen LogP contribution in [0.15, 0.2) is 0 Å². The van der Waals surface area contributed by atoms with Gasteiger partial charge in [0, 0.05) is 30.1 Å². The second-order valence-corrected chi connectivity index (χ2v) is 11.9. The number of ether oxygens (including phenoxy) is 5. The molecule has 0 N–H and O–H groups in total. The van der Waals surface area contributed by atoms with Gasteiger partial charge in [0.15, 0.2) is 0 Å². The van der Waals surface area contributed by atoms with E-state index in [0.29, 0.717) is 64.6 Å². The third-order valence-corrected chi connectivity index (χ3v) is 7.24. The van der Waals surface area contributed by atoms with Crippen LogP contribution in [0, 0.1) is 5.41 Å². The van der Waals surface area contributed by atoms with Gasteiger partial charge < -0.3 is 23.7 Å². The molecule has 1 aliphatic heterocycles. The van der Waals surface area contributed by atoms with Crippen molar-refractivity contribution in [2.75, 3.05) is 70.9 Å². The largest absolute Gasteiger partial charge is 0.463 e. The van der Waals surface area contributed by atoms with Gasteiger partial charge in [0.05, 0.1) is 52.5 Å². The molecular weight excluding hydrogens is 466 g/mol. The summed E-state index contributed by atoms with van der Waals surface area (Å²) in [6.07, 6.45) is 0.800. The van der Waals surface area contributed by atoms with E-state index in [1.165, 1.54) is 0 Å². The lowest BCUT2D eigenvalue weighted by Crippen LogP contribution is -2.43. The molecule has 33 heavy (non-hydrogen) atoms. The summed E-state index contributed by atoms with van der Waals surface area (Å²) in [6.45, 7) is 14.0. The Morgan fingerprint density at radius 3 is 1.73 bits per heavy atom. The minimum atomic E-state index is -0.204. The third-order valence-electron chi connectivity index (χ3n) is 4.71. The predicted octanol–water partition coefficient (Wildman–Crippen LogP) is 3.42. The fourth-order valence-electron chi connectivity index (χ4n) is 3.10. The Hall–Kier alpha value is -0.520. The molecule has 0 saturated carbocycles.